The number of ether oxygens (including phenoxy) is 2. The lowest BCUT2D eigenvalue weighted by molar-refractivity contribution is -0.149. The van der Waals surface area contributed by atoms with E-state index in [1.165, 1.54) is 0 Å². The van der Waals surface area contributed by atoms with Crippen molar-refractivity contribution in [2.75, 3.05) is 53.0 Å². The van der Waals surface area contributed by atoms with E-state index < -0.39 is 6.10 Å². The molecule has 2 saturated heterocycles. The number of amides is 2. The zero-order chi connectivity index (χ0) is 17.6. The van der Waals surface area contributed by atoms with Gasteiger partial charge in [-0.15, -0.1) is 0 Å². The highest BCUT2D eigenvalue weighted by atomic mass is 16.5. The molecule has 2 amide bonds. The van der Waals surface area contributed by atoms with Gasteiger partial charge in [0.2, 0.25) is 5.91 Å². The number of piperazine rings is 1. The summed E-state index contributed by atoms with van der Waals surface area (Å²) in [6.45, 7) is 4.16. The molecular formula is C18H25N3O4. The monoisotopic (exact) mass is 347 g/mol. The number of nitrogens with zero attached hydrogens (tertiary/aromatic N) is 2. The van der Waals surface area contributed by atoms with E-state index in [1.807, 2.05) is 29.2 Å². The van der Waals surface area contributed by atoms with E-state index in [1.54, 1.807) is 12.0 Å². The van der Waals surface area contributed by atoms with Gasteiger partial charge in [-0.2, -0.15) is 0 Å². The predicted octanol–water partition coefficient (Wildman–Crippen LogP) is -0.103. The summed E-state index contributed by atoms with van der Waals surface area (Å²) in [4.78, 5) is 28.5. The summed E-state index contributed by atoms with van der Waals surface area (Å²) in [5, 5.41) is 3.17. The first kappa shape index (κ1) is 17.7. The first-order chi connectivity index (χ1) is 12.2. The maximum Gasteiger partial charge on any atom is 0.253 e. The Kier molecular flexibility index (Phi) is 5.88. The number of carbonyl (C=O) groups excluding carboxylic acids is 2. The van der Waals surface area contributed by atoms with Gasteiger partial charge in [-0.05, 0) is 17.7 Å². The minimum Gasteiger partial charge on any atom is -0.497 e. The number of morpholine rings is 1. The van der Waals surface area contributed by atoms with Crippen LogP contribution in [0.25, 0.3) is 0 Å². The minimum absolute atomic E-state index is 0.0205. The lowest BCUT2D eigenvalue weighted by Gasteiger charge is -2.37. The lowest BCUT2D eigenvalue weighted by atomic mass is 10.1. The molecule has 0 aliphatic carbocycles. The van der Waals surface area contributed by atoms with Crippen molar-refractivity contribution in [3.63, 3.8) is 0 Å². The molecule has 0 saturated carbocycles. The molecule has 7 nitrogen and oxygen atoms in total. The van der Waals surface area contributed by atoms with Crippen molar-refractivity contribution in [3.8, 4) is 5.75 Å². The van der Waals surface area contributed by atoms with E-state index in [-0.39, 0.29) is 11.8 Å². The number of hydrogen-bond donors (Lipinski definition) is 1. The minimum atomic E-state index is -0.396. The van der Waals surface area contributed by atoms with Gasteiger partial charge >= 0.3 is 0 Å². The molecule has 0 radical (unpaired) electrons. The zero-order valence-electron chi connectivity index (χ0n) is 14.6. The molecule has 1 unspecified atom stereocenters. The van der Waals surface area contributed by atoms with E-state index in [4.69, 9.17) is 9.47 Å². The van der Waals surface area contributed by atoms with Crippen LogP contribution in [0.1, 0.15) is 5.56 Å². The van der Waals surface area contributed by atoms with Gasteiger partial charge in [0.1, 0.15) is 11.9 Å². The standard InChI is InChI=1S/C18H25N3O4/c1-24-15-4-2-3-14(11-15)12-17(22)20-6-8-21(9-7-20)18(23)16-13-19-5-10-25-16/h2-4,11,16,19H,5-10,12-13H2,1H3. The first-order valence-electron chi connectivity index (χ1n) is 8.69. The number of carbonyl (C=O) groups is 2. The quantitative estimate of drug-likeness (QED) is 0.823. The van der Waals surface area contributed by atoms with Gasteiger partial charge in [0.15, 0.2) is 0 Å². The van der Waals surface area contributed by atoms with E-state index in [9.17, 15) is 9.59 Å². The fourth-order valence-corrected chi connectivity index (χ4v) is 3.17. The van der Waals surface area contributed by atoms with Crippen LogP contribution in [-0.4, -0.2) is 80.7 Å². The highest BCUT2D eigenvalue weighted by Crippen LogP contribution is 2.15. The summed E-state index contributed by atoms with van der Waals surface area (Å²) < 4.78 is 10.7. The third-order valence-corrected chi connectivity index (χ3v) is 4.64. The first-order valence-corrected chi connectivity index (χ1v) is 8.69. The Balaban J connectivity index is 1.49. The Hall–Kier alpha value is -2.12. The lowest BCUT2D eigenvalue weighted by Crippen LogP contribution is -2.56. The molecule has 136 valence electrons. The summed E-state index contributed by atoms with van der Waals surface area (Å²) in [6, 6.07) is 7.55. The molecule has 1 aromatic carbocycles. The van der Waals surface area contributed by atoms with Crippen molar-refractivity contribution in [2.45, 2.75) is 12.5 Å². The molecule has 0 aromatic heterocycles. The third-order valence-electron chi connectivity index (χ3n) is 4.64. The smallest absolute Gasteiger partial charge is 0.253 e. The second kappa shape index (κ2) is 8.31. The summed E-state index contributed by atoms with van der Waals surface area (Å²) in [5.41, 5.74) is 0.935. The largest absolute Gasteiger partial charge is 0.497 e. The van der Waals surface area contributed by atoms with Crippen LogP contribution < -0.4 is 10.1 Å². The van der Waals surface area contributed by atoms with Crippen LogP contribution >= 0.6 is 0 Å². The molecule has 1 atom stereocenters. The molecule has 2 aliphatic rings. The third kappa shape index (κ3) is 4.49. The number of nitrogens with one attached hydrogen (secondary N) is 1. The second-order valence-electron chi connectivity index (χ2n) is 6.30. The molecular weight excluding hydrogens is 322 g/mol. The molecule has 2 fully saturated rings. The molecule has 7 heteroatoms. The van der Waals surface area contributed by atoms with E-state index in [0.29, 0.717) is 45.8 Å². The van der Waals surface area contributed by atoms with Crippen LogP contribution in [0.4, 0.5) is 0 Å². The van der Waals surface area contributed by atoms with Crippen molar-refractivity contribution < 1.29 is 19.1 Å². The fourth-order valence-electron chi connectivity index (χ4n) is 3.17. The summed E-state index contributed by atoms with van der Waals surface area (Å²) in [6.07, 6.45) is -0.0476. The molecule has 1 N–H and O–H groups in total. The van der Waals surface area contributed by atoms with Gasteiger partial charge < -0.3 is 24.6 Å². The molecule has 0 spiro atoms. The van der Waals surface area contributed by atoms with Gasteiger partial charge in [-0.1, -0.05) is 12.1 Å². The topological polar surface area (TPSA) is 71.1 Å². The average Bonchev–Trinajstić information content (AvgIpc) is 2.68. The Morgan fingerprint density at radius 1 is 1.24 bits per heavy atom. The van der Waals surface area contributed by atoms with Gasteiger partial charge in [0, 0.05) is 39.3 Å². The summed E-state index contributed by atoms with van der Waals surface area (Å²) in [7, 11) is 1.61. The van der Waals surface area contributed by atoms with Crippen molar-refractivity contribution >= 4 is 11.8 Å². The highest BCUT2D eigenvalue weighted by Gasteiger charge is 2.30. The van der Waals surface area contributed by atoms with Gasteiger partial charge in [-0.25, -0.2) is 0 Å². The fraction of sp³-hybridized carbons (Fsp3) is 0.556. The van der Waals surface area contributed by atoms with Crippen LogP contribution in [-0.2, 0) is 20.7 Å². The number of benzene rings is 1. The van der Waals surface area contributed by atoms with Gasteiger partial charge in [0.25, 0.3) is 5.91 Å². The zero-order valence-corrected chi connectivity index (χ0v) is 14.6. The molecule has 3 rings (SSSR count). The Morgan fingerprint density at radius 3 is 2.68 bits per heavy atom. The number of rotatable bonds is 4. The SMILES string of the molecule is COc1cccc(CC(=O)N2CCN(C(=O)C3CNCCO3)CC2)c1. The predicted molar refractivity (Wildman–Crippen MR) is 92.5 cm³/mol. The van der Waals surface area contributed by atoms with Crippen molar-refractivity contribution in [1.82, 2.24) is 15.1 Å². The molecule has 25 heavy (non-hydrogen) atoms. The van der Waals surface area contributed by atoms with Crippen LogP contribution in [0.2, 0.25) is 0 Å². The van der Waals surface area contributed by atoms with Crippen LogP contribution in [0.5, 0.6) is 5.75 Å². The molecule has 1 aromatic rings. The molecule has 2 aliphatic heterocycles. The maximum absolute atomic E-state index is 12.5. The Morgan fingerprint density at radius 2 is 2.00 bits per heavy atom. The van der Waals surface area contributed by atoms with Crippen LogP contribution in [0.3, 0.4) is 0 Å². The van der Waals surface area contributed by atoms with Crippen molar-refractivity contribution in [1.29, 1.82) is 0 Å². The molecule has 2 heterocycles. The summed E-state index contributed by atoms with van der Waals surface area (Å²) in [5.74, 6) is 0.852. The summed E-state index contributed by atoms with van der Waals surface area (Å²) >= 11 is 0. The number of hydrogen-bond acceptors (Lipinski definition) is 5. The van der Waals surface area contributed by atoms with Crippen molar-refractivity contribution in [2.24, 2.45) is 0 Å². The highest BCUT2D eigenvalue weighted by molar-refractivity contribution is 5.82. The second-order valence-corrected chi connectivity index (χ2v) is 6.30. The van der Waals surface area contributed by atoms with Gasteiger partial charge in [0.05, 0.1) is 20.1 Å². The van der Waals surface area contributed by atoms with E-state index in [2.05, 4.69) is 5.32 Å². The van der Waals surface area contributed by atoms with Gasteiger partial charge in [-0.3, -0.25) is 9.59 Å². The van der Waals surface area contributed by atoms with Crippen molar-refractivity contribution in [3.05, 3.63) is 29.8 Å². The van der Waals surface area contributed by atoms with Crippen LogP contribution in [0, 0.1) is 0 Å². The van der Waals surface area contributed by atoms with Crippen LogP contribution in [0.15, 0.2) is 24.3 Å². The average molecular weight is 347 g/mol. The normalized spacial score (nSPS) is 21.1. The van der Waals surface area contributed by atoms with E-state index >= 15 is 0 Å². The Labute approximate surface area is 147 Å². The Bertz CT molecular complexity index is 608. The number of methoxy groups -OCH3 is 1. The van der Waals surface area contributed by atoms with E-state index in [0.717, 1.165) is 17.9 Å². The maximum atomic E-state index is 12.5. The molecule has 0 bridgehead atoms.